The van der Waals surface area contributed by atoms with E-state index >= 15 is 0 Å². The van der Waals surface area contributed by atoms with E-state index in [-0.39, 0.29) is 61.8 Å². The summed E-state index contributed by atoms with van der Waals surface area (Å²) in [5.41, 5.74) is 3.18. The maximum absolute atomic E-state index is 12.6. The standard InChI is InChI=1S/C48H43N2O13/c51-48(61-40-24-22-39(23-25-40)49(52)53)60-32-38-21-26-42(41(27-38)50(54)55)62-47-46(59-31-37-19-11-4-12-20-37)45(58-30-36-17-9-3-10-18-36)44(57-29-35-15-7-2-8-16-35)43(63-47)33-56-28-34-13-5-1-6-14-34/h1-27,43-46H,28-33H2/q+1/t43?,44-,45?,46-/m0/s1. The summed E-state index contributed by atoms with van der Waals surface area (Å²) in [7, 11) is 0. The molecule has 63 heavy (non-hydrogen) atoms. The second-order valence-corrected chi connectivity index (χ2v) is 14.3. The fraction of sp³-hybridized carbons (Fsp3) is 0.208. The molecule has 7 rings (SSSR count). The van der Waals surface area contributed by atoms with Gasteiger partial charge in [0.25, 0.3) is 5.69 Å². The Bertz CT molecular complexity index is 2440. The maximum atomic E-state index is 12.6. The van der Waals surface area contributed by atoms with Crippen LogP contribution in [-0.2, 0) is 61.1 Å². The van der Waals surface area contributed by atoms with Crippen molar-refractivity contribution in [3.63, 3.8) is 0 Å². The zero-order valence-corrected chi connectivity index (χ0v) is 33.8. The van der Waals surface area contributed by atoms with Crippen molar-refractivity contribution in [1.29, 1.82) is 0 Å². The van der Waals surface area contributed by atoms with Gasteiger partial charge in [-0.2, -0.15) is 0 Å². The molecule has 15 nitrogen and oxygen atoms in total. The zero-order chi connectivity index (χ0) is 43.8. The van der Waals surface area contributed by atoms with Gasteiger partial charge in [0.1, 0.15) is 25.1 Å². The lowest BCUT2D eigenvalue weighted by molar-refractivity contribution is -0.547. The number of nitro benzene ring substituents is 2. The molecule has 1 aliphatic rings. The van der Waals surface area contributed by atoms with E-state index < -0.39 is 52.7 Å². The fourth-order valence-electron chi connectivity index (χ4n) is 6.61. The largest absolute Gasteiger partial charge is 0.525 e. The lowest BCUT2D eigenvalue weighted by atomic mass is 9.99. The van der Waals surface area contributed by atoms with Crippen molar-refractivity contribution in [3.05, 3.63) is 212 Å². The third-order valence-electron chi connectivity index (χ3n) is 9.76. The van der Waals surface area contributed by atoms with Gasteiger partial charge >= 0.3 is 23.6 Å². The van der Waals surface area contributed by atoms with Gasteiger partial charge in [-0.25, -0.2) is 4.79 Å². The lowest BCUT2D eigenvalue weighted by Gasteiger charge is -2.35. The van der Waals surface area contributed by atoms with Gasteiger partial charge in [0.2, 0.25) is 12.2 Å². The summed E-state index contributed by atoms with van der Waals surface area (Å²) in [5.74, 6) is -0.290. The predicted molar refractivity (Wildman–Crippen MR) is 228 cm³/mol. The van der Waals surface area contributed by atoms with Crippen molar-refractivity contribution >= 4 is 23.5 Å². The van der Waals surface area contributed by atoms with Crippen LogP contribution >= 0.6 is 0 Å². The number of non-ortho nitro benzene ring substituents is 1. The molecule has 0 aromatic heterocycles. The Labute approximate surface area is 362 Å². The zero-order valence-electron chi connectivity index (χ0n) is 33.8. The summed E-state index contributed by atoms with van der Waals surface area (Å²) in [6.07, 6.45) is -4.74. The molecule has 0 fully saturated rings. The minimum absolute atomic E-state index is 0.0106. The Morgan fingerprint density at radius 2 is 1.08 bits per heavy atom. The van der Waals surface area contributed by atoms with E-state index in [1.54, 1.807) is 0 Å². The molecule has 0 bridgehead atoms. The molecule has 0 spiro atoms. The van der Waals surface area contributed by atoms with E-state index in [0.29, 0.717) is 0 Å². The number of nitro groups is 2. The van der Waals surface area contributed by atoms with Crippen LogP contribution in [-0.4, -0.2) is 53.0 Å². The summed E-state index contributed by atoms with van der Waals surface area (Å²) in [5, 5.41) is 23.6. The molecule has 0 saturated carbocycles. The molecule has 1 aliphatic heterocycles. The van der Waals surface area contributed by atoms with Crippen molar-refractivity contribution < 1.29 is 52.2 Å². The Hall–Kier alpha value is -7.30. The van der Waals surface area contributed by atoms with Gasteiger partial charge in [0.05, 0.1) is 36.3 Å². The number of nitrogens with zero attached hydrogens (tertiary/aromatic N) is 2. The SMILES string of the molecule is O=C(OCc1ccc(OC2=[O+]C(COCc3ccccc3)[C@H](OCc3ccccc3)C(OCc3ccccc3)[C@@H]2OCc2ccccc2)c([N+](=O)[O-])c1)Oc1ccc([N+](=O)[O-])cc1. The van der Waals surface area contributed by atoms with Crippen LogP contribution in [0.4, 0.5) is 16.2 Å². The third-order valence-corrected chi connectivity index (χ3v) is 9.76. The minimum atomic E-state index is -1.12. The van der Waals surface area contributed by atoms with Crippen LogP contribution in [0.5, 0.6) is 11.5 Å². The molecule has 6 aromatic rings. The minimum Gasteiger partial charge on any atom is -0.429 e. The van der Waals surface area contributed by atoms with Gasteiger partial charge < -0.3 is 32.8 Å². The number of ether oxygens (including phenoxy) is 7. The maximum Gasteiger partial charge on any atom is 0.525 e. The van der Waals surface area contributed by atoms with Crippen LogP contribution in [0.25, 0.3) is 0 Å². The normalized spacial score (nSPS) is 17.0. The molecule has 322 valence electrons. The van der Waals surface area contributed by atoms with E-state index in [0.717, 1.165) is 22.3 Å². The summed E-state index contributed by atoms with van der Waals surface area (Å²) < 4.78 is 49.6. The van der Waals surface area contributed by atoms with Crippen LogP contribution in [0.15, 0.2) is 164 Å². The van der Waals surface area contributed by atoms with Gasteiger partial charge in [-0.05, 0) is 46.0 Å². The molecule has 4 atom stereocenters. The number of hydrogen-bond acceptors (Lipinski definition) is 12. The van der Waals surface area contributed by atoms with E-state index in [1.165, 1.54) is 42.5 Å². The smallest absolute Gasteiger partial charge is 0.429 e. The summed E-state index contributed by atoms with van der Waals surface area (Å²) in [6.45, 7) is 0.344. The first-order valence-corrected chi connectivity index (χ1v) is 19.9. The second kappa shape index (κ2) is 22.0. The highest BCUT2D eigenvalue weighted by Crippen LogP contribution is 2.32. The quantitative estimate of drug-likeness (QED) is 0.0189. The monoisotopic (exact) mass is 855 g/mol. The van der Waals surface area contributed by atoms with Crippen molar-refractivity contribution in [2.24, 2.45) is 0 Å². The second-order valence-electron chi connectivity index (χ2n) is 14.3. The molecular formula is C48H43N2O13+. The molecule has 6 aromatic carbocycles. The Kier molecular flexibility index (Phi) is 15.3. The molecule has 2 unspecified atom stereocenters. The van der Waals surface area contributed by atoms with Crippen LogP contribution in [0.1, 0.15) is 27.8 Å². The average Bonchev–Trinajstić information content (AvgIpc) is 3.31. The van der Waals surface area contributed by atoms with E-state index in [4.69, 9.17) is 37.6 Å². The molecule has 0 N–H and O–H groups in total. The summed E-state index contributed by atoms with van der Waals surface area (Å²) in [4.78, 5) is 34.8. The van der Waals surface area contributed by atoms with Crippen molar-refractivity contribution in [2.45, 2.75) is 57.5 Å². The molecule has 0 aliphatic carbocycles. The Balaban J connectivity index is 1.19. The fourth-order valence-corrected chi connectivity index (χ4v) is 6.61. The molecule has 0 saturated heterocycles. The first-order valence-electron chi connectivity index (χ1n) is 19.9. The topological polar surface area (TPSA) is 179 Å². The van der Waals surface area contributed by atoms with Gasteiger partial charge in [0, 0.05) is 24.3 Å². The third kappa shape index (κ3) is 12.6. The van der Waals surface area contributed by atoms with Gasteiger partial charge in [-0.15, -0.1) is 0 Å². The first-order chi connectivity index (χ1) is 30.8. The first kappa shape index (κ1) is 43.8. The Morgan fingerprint density at radius 1 is 0.556 bits per heavy atom. The van der Waals surface area contributed by atoms with E-state index in [2.05, 4.69) is 0 Å². The molecule has 0 amide bonds. The Morgan fingerprint density at radius 3 is 1.62 bits per heavy atom. The number of benzene rings is 6. The number of rotatable bonds is 19. The summed E-state index contributed by atoms with van der Waals surface area (Å²) in [6, 6.07) is 47.2. The van der Waals surface area contributed by atoms with Gasteiger partial charge in [-0.3, -0.25) is 25.0 Å². The van der Waals surface area contributed by atoms with Crippen LogP contribution in [0.2, 0.25) is 0 Å². The molecular weight excluding hydrogens is 813 g/mol. The summed E-state index contributed by atoms with van der Waals surface area (Å²) >= 11 is 0. The predicted octanol–water partition coefficient (Wildman–Crippen LogP) is 9.01. The number of carbonyl (C=O) groups excluding carboxylic acids is 2. The van der Waals surface area contributed by atoms with E-state index in [9.17, 15) is 25.0 Å². The number of carbonyl (C=O) groups is 1. The van der Waals surface area contributed by atoms with Crippen molar-refractivity contribution in [2.75, 3.05) is 6.61 Å². The number of hydrogen-bond donors (Lipinski definition) is 0. The van der Waals surface area contributed by atoms with Crippen LogP contribution < -0.4 is 9.47 Å². The van der Waals surface area contributed by atoms with Crippen LogP contribution in [0, 0.1) is 20.2 Å². The number of esters is 1. The van der Waals surface area contributed by atoms with E-state index in [1.807, 2.05) is 121 Å². The highest BCUT2D eigenvalue weighted by molar-refractivity contribution is 5.80. The van der Waals surface area contributed by atoms with Gasteiger partial charge in [0.15, 0.2) is 6.10 Å². The lowest BCUT2D eigenvalue weighted by Crippen LogP contribution is -2.59. The molecule has 15 heteroatoms. The molecule has 0 radical (unpaired) electrons. The highest BCUT2D eigenvalue weighted by atomic mass is 16.7. The van der Waals surface area contributed by atoms with Gasteiger partial charge in [-0.1, -0.05) is 121 Å². The van der Waals surface area contributed by atoms with Crippen LogP contribution in [0.3, 0.4) is 0 Å². The average molecular weight is 856 g/mol. The van der Waals surface area contributed by atoms with Crippen molar-refractivity contribution in [1.82, 2.24) is 0 Å². The highest BCUT2D eigenvalue weighted by Gasteiger charge is 2.54. The molecule has 1 heterocycles. The van der Waals surface area contributed by atoms with Crippen molar-refractivity contribution in [3.8, 4) is 11.5 Å².